The van der Waals surface area contributed by atoms with Gasteiger partial charge in [-0.15, -0.1) is 0 Å². The predicted molar refractivity (Wildman–Crippen MR) is 81.3 cm³/mol. The van der Waals surface area contributed by atoms with E-state index in [1.54, 1.807) is 24.3 Å². The van der Waals surface area contributed by atoms with Gasteiger partial charge in [0, 0.05) is 12.1 Å². The van der Waals surface area contributed by atoms with Crippen LogP contribution in [0.1, 0.15) is 22.8 Å². The number of aromatic nitrogens is 2. The Hall–Kier alpha value is -2.88. The second-order valence-corrected chi connectivity index (χ2v) is 5.40. The molecule has 0 radical (unpaired) electrons. The summed E-state index contributed by atoms with van der Waals surface area (Å²) in [5.41, 5.74) is 4.23. The average molecular weight is 289 g/mol. The molecule has 0 N–H and O–H groups in total. The molecule has 0 atom stereocenters. The third kappa shape index (κ3) is 2.00. The first-order valence-corrected chi connectivity index (χ1v) is 7.17. The summed E-state index contributed by atoms with van der Waals surface area (Å²) >= 11 is 0. The van der Waals surface area contributed by atoms with E-state index >= 15 is 0 Å². The molecule has 1 aromatic carbocycles. The quantitative estimate of drug-likeness (QED) is 0.750. The summed E-state index contributed by atoms with van der Waals surface area (Å²) in [5.74, 6) is 0.105. The zero-order valence-electron chi connectivity index (χ0n) is 11.8. The minimum atomic E-state index is 0.0524. The first kappa shape index (κ1) is 12.8. The molecule has 106 valence electrons. The number of hydrogen-bond acceptors (Lipinski definition) is 3. The third-order valence-electron chi connectivity index (χ3n) is 3.92. The largest absolute Gasteiger partial charge is 0.294 e. The van der Waals surface area contributed by atoms with Gasteiger partial charge in [-0.25, -0.2) is 4.98 Å². The maximum Gasteiger partial charge on any atom is 0.221 e. The number of benzene rings is 1. The van der Waals surface area contributed by atoms with Crippen LogP contribution in [0.15, 0.2) is 42.5 Å². The van der Waals surface area contributed by atoms with Crippen molar-refractivity contribution < 1.29 is 14.2 Å². The average Bonchev–Trinajstić information content (AvgIpc) is 2.54. The monoisotopic (exact) mass is 289 g/mol. The molecule has 4 heteroatoms. The molecule has 0 unspecified atom stereocenters. The van der Waals surface area contributed by atoms with Crippen LogP contribution in [0.25, 0.3) is 17.8 Å². The van der Waals surface area contributed by atoms with E-state index in [9.17, 15) is 9.59 Å². The third-order valence-corrected chi connectivity index (χ3v) is 3.92. The van der Waals surface area contributed by atoms with Crippen LogP contribution in [0.5, 0.6) is 0 Å². The number of ketones is 2. The fourth-order valence-corrected chi connectivity index (χ4v) is 2.94. The van der Waals surface area contributed by atoms with Crippen LogP contribution in [-0.4, -0.2) is 16.6 Å². The van der Waals surface area contributed by atoms with E-state index in [1.807, 2.05) is 34.9 Å². The second-order valence-electron chi connectivity index (χ2n) is 5.40. The van der Waals surface area contributed by atoms with Crippen molar-refractivity contribution in [3.8, 4) is 5.69 Å². The van der Waals surface area contributed by atoms with Gasteiger partial charge in [0.15, 0.2) is 11.6 Å². The van der Waals surface area contributed by atoms with Crippen molar-refractivity contribution in [2.45, 2.75) is 12.8 Å². The molecular formula is C18H13N2O2+. The first-order chi connectivity index (χ1) is 10.7. The highest BCUT2D eigenvalue weighted by molar-refractivity contribution is 5.98. The molecule has 0 fully saturated rings. The van der Waals surface area contributed by atoms with Gasteiger partial charge in [0.05, 0.1) is 12.8 Å². The number of carbonyl (C=O) groups is 2. The van der Waals surface area contributed by atoms with E-state index in [-0.39, 0.29) is 11.6 Å². The second kappa shape index (κ2) is 4.84. The summed E-state index contributed by atoms with van der Waals surface area (Å²) < 4.78 is 2.01. The Morgan fingerprint density at radius 1 is 0.773 bits per heavy atom. The highest BCUT2D eigenvalue weighted by Gasteiger charge is 2.32. The van der Waals surface area contributed by atoms with E-state index in [0.717, 1.165) is 28.5 Å². The van der Waals surface area contributed by atoms with Crippen molar-refractivity contribution in [3.63, 3.8) is 0 Å². The number of nitrogens with zero attached hydrogens (tertiary/aromatic N) is 2. The predicted octanol–water partition coefficient (Wildman–Crippen LogP) is 1.64. The summed E-state index contributed by atoms with van der Waals surface area (Å²) in [6, 6.07) is 9.80. The van der Waals surface area contributed by atoms with Crippen molar-refractivity contribution >= 4 is 23.7 Å². The Morgan fingerprint density at radius 2 is 1.32 bits per heavy atom. The lowest BCUT2D eigenvalue weighted by atomic mass is 10.00. The van der Waals surface area contributed by atoms with Crippen LogP contribution >= 0.6 is 0 Å². The molecule has 0 bridgehead atoms. The molecule has 2 aromatic rings. The maximum atomic E-state index is 11.8. The van der Waals surface area contributed by atoms with Crippen LogP contribution in [0.4, 0.5) is 0 Å². The van der Waals surface area contributed by atoms with Crippen LogP contribution in [0.3, 0.4) is 0 Å². The van der Waals surface area contributed by atoms with E-state index in [2.05, 4.69) is 4.98 Å². The Kier molecular flexibility index (Phi) is 2.82. The Labute approximate surface area is 127 Å². The van der Waals surface area contributed by atoms with Crippen LogP contribution in [-0.2, 0) is 22.4 Å². The zero-order chi connectivity index (χ0) is 15.1. The van der Waals surface area contributed by atoms with Crippen molar-refractivity contribution in [2.75, 3.05) is 0 Å². The Balaban J connectivity index is 2.06. The zero-order valence-corrected chi connectivity index (χ0v) is 11.8. The number of hydrogen-bond donors (Lipinski definition) is 0. The van der Waals surface area contributed by atoms with E-state index in [4.69, 9.17) is 0 Å². The summed E-state index contributed by atoms with van der Waals surface area (Å²) in [6.07, 6.45) is 7.25. The molecule has 1 heterocycles. The lowest BCUT2D eigenvalue weighted by molar-refractivity contribution is -0.612. The maximum absolute atomic E-state index is 11.8. The molecule has 0 saturated heterocycles. The molecule has 0 amide bonds. The Morgan fingerprint density at radius 3 is 1.86 bits per heavy atom. The molecule has 4 nitrogen and oxygen atoms in total. The highest BCUT2D eigenvalue weighted by atomic mass is 16.1. The molecule has 2 aliphatic rings. The van der Waals surface area contributed by atoms with Gasteiger partial charge in [0.2, 0.25) is 17.1 Å². The van der Waals surface area contributed by atoms with E-state index in [0.29, 0.717) is 12.8 Å². The standard InChI is InChI=1S/C18H13N2O2/c21-13-6-8-15-17(10-13)20(12-4-2-1-3-5-12)18-11-14(22)7-9-16(18)19-15/h1-9H,10-11H2/q+1. The number of carbonyl (C=O) groups excluding carboxylic acids is 2. The summed E-state index contributed by atoms with van der Waals surface area (Å²) in [6.45, 7) is 0. The first-order valence-electron chi connectivity index (χ1n) is 7.17. The van der Waals surface area contributed by atoms with Gasteiger partial charge >= 0.3 is 0 Å². The lowest BCUT2D eigenvalue weighted by Crippen LogP contribution is -2.45. The normalized spacial score (nSPS) is 15.6. The van der Waals surface area contributed by atoms with Crippen LogP contribution in [0.2, 0.25) is 0 Å². The van der Waals surface area contributed by atoms with Crippen molar-refractivity contribution in [3.05, 3.63) is 65.3 Å². The lowest BCUT2D eigenvalue weighted by Gasteiger charge is -2.15. The topological polar surface area (TPSA) is 50.9 Å². The SMILES string of the molecule is O=C1C=Cc2nc3c([n+](-c4ccccc4)c2C1)CC(=O)C=C3. The fraction of sp³-hybridized carbons (Fsp3) is 0.111. The van der Waals surface area contributed by atoms with Gasteiger partial charge in [0.1, 0.15) is 11.4 Å². The smallest absolute Gasteiger partial charge is 0.221 e. The van der Waals surface area contributed by atoms with Gasteiger partial charge in [-0.3, -0.25) is 9.59 Å². The van der Waals surface area contributed by atoms with Gasteiger partial charge in [-0.05, 0) is 24.3 Å². The number of rotatable bonds is 1. The molecule has 1 aromatic heterocycles. The molecule has 0 spiro atoms. The molecular weight excluding hydrogens is 276 g/mol. The number of para-hydroxylation sites is 1. The van der Waals surface area contributed by atoms with E-state index in [1.165, 1.54) is 0 Å². The molecule has 0 aliphatic heterocycles. The molecule has 2 aliphatic carbocycles. The van der Waals surface area contributed by atoms with Crippen molar-refractivity contribution in [1.82, 2.24) is 4.98 Å². The molecule has 22 heavy (non-hydrogen) atoms. The Bertz CT molecular complexity index is 814. The van der Waals surface area contributed by atoms with Crippen LogP contribution in [0, 0.1) is 0 Å². The summed E-state index contributed by atoms with van der Waals surface area (Å²) in [5, 5.41) is 0. The minimum absolute atomic E-state index is 0.0524. The highest BCUT2D eigenvalue weighted by Crippen LogP contribution is 2.21. The van der Waals surface area contributed by atoms with Crippen LogP contribution < -0.4 is 4.57 Å². The van der Waals surface area contributed by atoms with Gasteiger partial charge < -0.3 is 0 Å². The summed E-state index contributed by atoms with van der Waals surface area (Å²) in [7, 11) is 0. The molecule has 0 saturated carbocycles. The number of allylic oxidation sites excluding steroid dienone is 2. The number of fused-ring (bicyclic) bond motifs is 2. The van der Waals surface area contributed by atoms with E-state index < -0.39 is 0 Å². The van der Waals surface area contributed by atoms with Crippen molar-refractivity contribution in [2.24, 2.45) is 0 Å². The van der Waals surface area contributed by atoms with Gasteiger partial charge in [-0.2, -0.15) is 4.57 Å². The van der Waals surface area contributed by atoms with Crippen molar-refractivity contribution in [1.29, 1.82) is 0 Å². The van der Waals surface area contributed by atoms with Gasteiger partial charge in [0.25, 0.3) is 0 Å². The van der Waals surface area contributed by atoms with Gasteiger partial charge in [-0.1, -0.05) is 18.2 Å². The molecule has 4 rings (SSSR count). The summed E-state index contributed by atoms with van der Waals surface area (Å²) in [4.78, 5) is 28.3. The fourth-order valence-electron chi connectivity index (χ4n) is 2.94. The minimum Gasteiger partial charge on any atom is -0.294 e.